The minimum absolute atomic E-state index is 0.0232. The molecule has 0 aromatic carbocycles. The number of piperazine rings is 1. The fourth-order valence-electron chi connectivity index (χ4n) is 3.45. The molecule has 2 aliphatic rings. The molecule has 2 saturated heterocycles. The highest BCUT2D eigenvalue weighted by molar-refractivity contribution is 5.81. The number of carbonyl (C=O) groups is 1. The van der Waals surface area contributed by atoms with Crippen LogP contribution < -0.4 is 5.73 Å². The summed E-state index contributed by atoms with van der Waals surface area (Å²) >= 11 is 0. The van der Waals surface area contributed by atoms with Crippen LogP contribution in [0.2, 0.25) is 0 Å². The molecule has 2 aliphatic heterocycles. The molecule has 2 unspecified atom stereocenters. The predicted octanol–water partition coefficient (Wildman–Crippen LogP) is 0.598. The second-order valence-electron chi connectivity index (χ2n) is 7.29. The molecule has 2 fully saturated rings. The summed E-state index contributed by atoms with van der Waals surface area (Å²) in [5.41, 5.74) is 6.29. The van der Waals surface area contributed by atoms with Gasteiger partial charge >= 0.3 is 0 Å². The zero-order chi connectivity index (χ0) is 15.6. The summed E-state index contributed by atoms with van der Waals surface area (Å²) in [5, 5.41) is 0. The number of hydrogen-bond acceptors (Lipinski definition) is 4. The second kappa shape index (κ2) is 6.63. The summed E-state index contributed by atoms with van der Waals surface area (Å²) in [6, 6.07) is 0.217. The van der Waals surface area contributed by atoms with Crippen molar-refractivity contribution >= 4 is 5.91 Å². The van der Waals surface area contributed by atoms with E-state index in [0.29, 0.717) is 0 Å². The average molecular weight is 296 g/mol. The van der Waals surface area contributed by atoms with Gasteiger partial charge in [0, 0.05) is 45.3 Å². The summed E-state index contributed by atoms with van der Waals surface area (Å²) in [6.07, 6.45) is 0.980. The third kappa shape index (κ3) is 3.76. The van der Waals surface area contributed by atoms with Crippen LogP contribution in [0.5, 0.6) is 0 Å². The fraction of sp³-hybridized carbons (Fsp3) is 0.938. The minimum atomic E-state index is -0.0232. The van der Waals surface area contributed by atoms with Crippen molar-refractivity contribution in [1.82, 2.24) is 14.7 Å². The molecule has 2 heterocycles. The van der Waals surface area contributed by atoms with Gasteiger partial charge in [-0.25, -0.2) is 0 Å². The molecular weight excluding hydrogens is 264 g/mol. The van der Waals surface area contributed by atoms with Gasteiger partial charge in [-0.3, -0.25) is 9.69 Å². The Bertz CT molecular complexity index is 363. The van der Waals surface area contributed by atoms with Gasteiger partial charge in [0.05, 0.1) is 6.04 Å². The first-order valence-corrected chi connectivity index (χ1v) is 8.36. The lowest BCUT2D eigenvalue weighted by Crippen LogP contribution is -2.59. The molecule has 0 bridgehead atoms. The van der Waals surface area contributed by atoms with E-state index in [9.17, 15) is 4.79 Å². The summed E-state index contributed by atoms with van der Waals surface area (Å²) in [6.45, 7) is 15.3. The van der Waals surface area contributed by atoms with Gasteiger partial charge in [-0.1, -0.05) is 20.8 Å². The molecule has 2 atom stereocenters. The van der Waals surface area contributed by atoms with Crippen molar-refractivity contribution in [2.75, 3.05) is 45.8 Å². The predicted molar refractivity (Wildman–Crippen MR) is 86.1 cm³/mol. The Morgan fingerprint density at radius 1 is 1.24 bits per heavy atom. The Kier molecular flexibility index (Phi) is 5.28. The van der Waals surface area contributed by atoms with Gasteiger partial charge in [-0.2, -0.15) is 0 Å². The summed E-state index contributed by atoms with van der Waals surface area (Å²) in [5.74, 6) is 0.289. The van der Waals surface area contributed by atoms with E-state index in [1.54, 1.807) is 0 Å². The molecule has 5 heteroatoms. The molecule has 21 heavy (non-hydrogen) atoms. The molecular formula is C16H32N4O. The van der Waals surface area contributed by atoms with Crippen LogP contribution in [0.1, 0.15) is 34.1 Å². The van der Waals surface area contributed by atoms with E-state index in [1.807, 2.05) is 4.90 Å². The van der Waals surface area contributed by atoms with Crippen LogP contribution >= 0.6 is 0 Å². The van der Waals surface area contributed by atoms with E-state index in [0.717, 1.165) is 52.2 Å². The first-order chi connectivity index (χ1) is 9.85. The van der Waals surface area contributed by atoms with E-state index < -0.39 is 0 Å². The van der Waals surface area contributed by atoms with Crippen LogP contribution in [0.25, 0.3) is 0 Å². The Morgan fingerprint density at radius 3 is 2.38 bits per heavy atom. The summed E-state index contributed by atoms with van der Waals surface area (Å²) < 4.78 is 0. The molecule has 0 saturated carbocycles. The zero-order valence-electron chi connectivity index (χ0n) is 14.1. The van der Waals surface area contributed by atoms with Crippen molar-refractivity contribution in [3.05, 3.63) is 0 Å². The molecule has 2 N–H and O–H groups in total. The van der Waals surface area contributed by atoms with Gasteiger partial charge in [0.15, 0.2) is 0 Å². The van der Waals surface area contributed by atoms with Crippen molar-refractivity contribution in [2.24, 2.45) is 11.1 Å². The van der Waals surface area contributed by atoms with Crippen LogP contribution in [0, 0.1) is 5.41 Å². The van der Waals surface area contributed by atoms with Gasteiger partial charge < -0.3 is 15.5 Å². The van der Waals surface area contributed by atoms with E-state index in [4.69, 9.17) is 5.73 Å². The van der Waals surface area contributed by atoms with Gasteiger partial charge in [0.1, 0.15) is 0 Å². The highest BCUT2D eigenvalue weighted by Crippen LogP contribution is 2.29. The molecule has 1 amide bonds. The first-order valence-electron chi connectivity index (χ1n) is 8.36. The monoisotopic (exact) mass is 296 g/mol. The van der Waals surface area contributed by atoms with Crippen molar-refractivity contribution in [3.63, 3.8) is 0 Å². The fourth-order valence-corrected chi connectivity index (χ4v) is 3.45. The zero-order valence-corrected chi connectivity index (χ0v) is 14.1. The third-order valence-corrected chi connectivity index (χ3v) is 5.38. The van der Waals surface area contributed by atoms with Gasteiger partial charge in [0.2, 0.25) is 5.91 Å². The molecule has 0 aromatic rings. The van der Waals surface area contributed by atoms with Crippen molar-refractivity contribution in [3.8, 4) is 0 Å². The van der Waals surface area contributed by atoms with Crippen molar-refractivity contribution < 1.29 is 4.79 Å². The van der Waals surface area contributed by atoms with Crippen molar-refractivity contribution in [1.29, 1.82) is 0 Å². The third-order valence-electron chi connectivity index (χ3n) is 5.38. The summed E-state index contributed by atoms with van der Waals surface area (Å²) in [7, 11) is 0. The molecule has 5 nitrogen and oxygen atoms in total. The number of likely N-dealkylation sites (tertiary alicyclic amines) is 1. The molecule has 0 aliphatic carbocycles. The second-order valence-corrected chi connectivity index (χ2v) is 7.29. The van der Waals surface area contributed by atoms with Crippen LogP contribution in [-0.2, 0) is 4.79 Å². The molecule has 0 spiro atoms. The SMILES string of the molecule is CCN1CCN(C(=O)C(C)N2CCC(N)C(C)(C)C2)CC1. The molecule has 0 radical (unpaired) electrons. The lowest BCUT2D eigenvalue weighted by Gasteiger charge is -2.45. The lowest BCUT2D eigenvalue weighted by atomic mass is 9.79. The number of rotatable bonds is 3. The topological polar surface area (TPSA) is 52.8 Å². The Hall–Kier alpha value is -0.650. The van der Waals surface area contributed by atoms with Crippen molar-refractivity contribution in [2.45, 2.75) is 46.2 Å². The maximum absolute atomic E-state index is 12.7. The number of nitrogens with zero attached hydrogens (tertiary/aromatic N) is 3. The molecule has 0 aromatic heterocycles. The summed E-state index contributed by atoms with van der Waals surface area (Å²) in [4.78, 5) is 19.5. The number of hydrogen-bond donors (Lipinski definition) is 1. The van der Waals surface area contributed by atoms with Gasteiger partial charge in [0.25, 0.3) is 0 Å². The molecule has 2 rings (SSSR count). The van der Waals surface area contributed by atoms with Gasteiger partial charge in [-0.05, 0) is 25.3 Å². The molecule has 122 valence electrons. The largest absolute Gasteiger partial charge is 0.339 e. The van der Waals surface area contributed by atoms with E-state index >= 15 is 0 Å². The smallest absolute Gasteiger partial charge is 0.239 e. The lowest BCUT2D eigenvalue weighted by molar-refractivity contribution is -0.139. The normalized spacial score (nSPS) is 29.4. The van der Waals surface area contributed by atoms with E-state index in [2.05, 4.69) is 37.5 Å². The Labute approximate surface area is 129 Å². The highest BCUT2D eigenvalue weighted by atomic mass is 16.2. The van der Waals surface area contributed by atoms with Crippen LogP contribution in [0.15, 0.2) is 0 Å². The number of piperidine rings is 1. The average Bonchev–Trinajstić information content (AvgIpc) is 2.48. The number of amides is 1. The maximum Gasteiger partial charge on any atom is 0.239 e. The van der Waals surface area contributed by atoms with Gasteiger partial charge in [-0.15, -0.1) is 0 Å². The standard InChI is InChI=1S/C16H32N4O/c1-5-18-8-10-19(11-9-18)15(21)13(2)20-7-6-14(17)16(3,4)12-20/h13-14H,5-12,17H2,1-4H3. The van der Waals surface area contributed by atoms with E-state index in [-0.39, 0.29) is 23.4 Å². The minimum Gasteiger partial charge on any atom is -0.339 e. The van der Waals surface area contributed by atoms with Crippen LogP contribution in [0.4, 0.5) is 0 Å². The number of nitrogens with two attached hydrogens (primary N) is 1. The van der Waals surface area contributed by atoms with Crippen LogP contribution in [0.3, 0.4) is 0 Å². The van der Waals surface area contributed by atoms with Crippen LogP contribution in [-0.4, -0.2) is 78.5 Å². The first kappa shape index (κ1) is 16.7. The number of carbonyl (C=O) groups excluding carboxylic acids is 1. The van der Waals surface area contributed by atoms with E-state index in [1.165, 1.54) is 0 Å². The Morgan fingerprint density at radius 2 is 1.86 bits per heavy atom. The maximum atomic E-state index is 12.7. The highest BCUT2D eigenvalue weighted by Gasteiger charge is 2.37. The number of likely N-dealkylation sites (N-methyl/N-ethyl adjacent to an activating group) is 1. The quantitative estimate of drug-likeness (QED) is 0.828. The Balaban J connectivity index is 1.91.